The van der Waals surface area contributed by atoms with Gasteiger partial charge < -0.3 is 4.90 Å². The predicted octanol–water partition coefficient (Wildman–Crippen LogP) is 2.36. The van der Waals surface area contributed by atoms with Crippen LogP contribution in [-0.2, 0) is 4.79 Å². The Bertz CT molecular complexity index is 263. The minimum atomic E-state index is -0.0152. The van der Waals surface area contributed by atoms with Crippen LogP contribution in [0.4, 0.5) is 0 Å². The summed E-state index contributed by atoms with van der Waals surface area (Å²) in [5.74, 6) is 0.643. The van der Waals surface area contributed by atoms with Crippen molar-refractivity contribution in [1.29, 1.82) is 0 Å². The molecule has 0 bridgehead atoms. The van der Waals surface area contributed by atoms with Crippen LogP contribution in [0.2, 0.25) is 0 Å². The predicted molar refractivity (Wildman–Crippen MR) is 67.7 cm³/mol. The number of aliphatic imine (C=N–C) groups is 1. The summed E-state index contributed by atoms with van der Waals surface area (Å²) in [6, 6.07) is 0.519. The average molecular weight is 224 g/mol. The molecule has 2 atom stereocenters. The van der Waals surface area contributed by atoms with Gasteiger partial charge in [0, 0.05) is 24.8 Å². The first-order valence-corrected chi connectivity index (χ1v) is 6.27. The van der Waals surface area contributed by atoms with E-state index in [-0.39, 0.29) is 23.9 Å². The van der Waals surface area contributed by atoms with Gasteiger partial charge in [0.2, 0.25) is 5.91 Å². The van der Waals surface area contributed by atoms with E-state index in [0.717, 1.165) is 13.0 Å². The molecule has 2 unspecified atom stereocenters. The minimum Gasteiger partial charge on any atom is -0.337 e. The van der Waals surface area contributed by atoms with Gasteiger partial charge in [0.1, 0.15) is 0 Å². The third-order valence-corrected chi connectivity index (χ3v) is 3.24. The van der Waals surface area contributed by atoms with Crippen molar-refractivity contribution in [2.45, 2.75) is 53.1 Å². The van der Waals surface area contributed by atoms with E-state index in [1.165, 1.54) is 0 Å². The summed E-state index contributed by atoms with van der Waals surface area (Å²) in [5.41, 5.74) is 0. The Kier molecular flexibility index (Phi) is 4.51. The molecular weight excluding hydrogens is 200 g/mol. The molecule has 0 radical (unpaired) electrons. The number of amides is 1. The molecule has 0 saturated carbocycles. The molecular formula is C13H24N2O. The summed E-state index contributed by atoms with van der Waals surface area (Å²) in [7, 11) is 0. The summed E-state index contributed by atoms with van der Waals surface area (Å²) in [6.07, 6.45) is 2.88. The lowest BCUT2D eigenvalue weighted by Crippen LogP contribution is -2.47. The van der Waals surface area contributed by atoms with Crippen molar-refractivity contribution in [3.05, 3.63) is 0 Å². The topological polar surface area (TPSA) is 32.7 Å². The van der Waals surface area contributed by atoms with E-state index in [9.17, 15) is 4.79 Å². The van der Waals surface area contributed by atoms with Crippen molar-refractivity contribution < 1.29 is 4.79 Å². The second-order valence-electron chi connectivity index (χ2n) is 5.28. The van der Waals surface area contributed by atoms with Crippen molar-refractivity contribution in [3.63, 3.8) is 0 Å². The number of carbonyl (C=O) groups excluding carboxylic acids is 1. The minimum absolute atomic E-state index is 0.0152. The van der Waals surface area contributed by atoms with Crippen LogP contribution in [0.25, 0.3) is 0 Å². The lowest BCUT2D eigenvalue weighted by Gasteiger charge is -2.35. The fraction of sp³-hybridized carbons (Fsp3) is 0.846. The van der Waals surface area contributed by atoms with Gasteiger partial charge >= 0.3 is 0 Å². The highest BCUT2D eigenvalue weighted by atomic mass is 16.2. The van der Waals surface area contributed by atoms with Gasteiger partial charge in [-0.2, -0.15) is 0 Å². The van der Waals surface area contributed by atoms with E-state index in [4.69, 9.17) is 0 Å². The number of nitrogens with zero attached hydrogens (tertiary/aromatic N) is 2. The van der Waals surface area contributed by atoms with Gasteiger partial charge in [-0.3, -0.25) is 9.79 Å². The standard InChI is InChI=1S/C13H24N2O/c1-9(2)15(10(3)4)13(16)12-8-14-7-6-11(12)5/h8-12H,6-7H2,1-5H3. The van der Waals surface area contributed by atoms with Gasteiger partial charge in [0.05, 0.1) is 5.92 Å². The van der Waals surface area contributed by atoms with Gasteiger partial charge in [0.25, 0.3) is 0 Å². The van der Waals surface area contributed by atoms with Crippen molar-refractivity contribution in [3.8, 4) is 0 Å². The first-order chi connectivity index (χ1) is 7.45. The van der Waals surface area contributed by atoms with Gasteiger partial charge in [-0.25, -0.2) is 0 Å². The molecule has 1 aliphatic rings. The van der Waals surface area contributed by atoms with E-state index >= 15 is 0 Å². The fourth-order valence-electron chi connectivity index (χ4n) is 2.38. The highest BCUT2D eigenvalue weighted by Crippen LogP contribution is 2.22. The SMILES string of the molecule is CC1CCN=CC1C(=O)N(C(C)C)C(C)C. The number of rotatable bonds is 3. The monoisotopic (exact) mass is 224 g/mol. The van der Waals surface area contributed by atoms with E-state index in [1.54, 1.807) is 0 Å². The molecule has 0 fully saturated rings. The van der Waals surface area contributed by atoms with Crippen LogP contribution in [0.5, 0.6) is 0 Å². The summed E-state index contributed by atoms with van der Waals surface area (Å²) < 4.78 is 0. The largest absolute Gasteiger partial charge is 0.337 e. The molecule has 1 heterocycles. The molecule has 92 valence electrons. The summed E-state index contributed by atoms with van der Waals surface area (Å²) in [4.78, 5) is 18.7. The first kappa shape index (κ1) is 13.2. The normalized spacial score (nSPS) is 25.2. The van der Waals surface area contributed by atoms with Crippen molar-refractivity contribution in [2.75, 3.05) is 6.54 Å². The number of hydrogen-bond donors (Lipinski definition) is 0. The lowest BCUT2D eigenvalue weighted by atomic mass is 9.88. The molecule has 1 aliphatic heterocycles. The highest BCUT2D eigenvalue weighted by Gasteiger charge is 2.31. The van der Waals surface area contributed by atoms with Crippen LogP contribution in [0, 0.1) is 11.8 Å². The molecule has 3 nitrogen and oxygen atoms in total. The van der Waals surface area contributed by atoms with Crippen molar-refractivity contribution >= 4 is 12.1 Å². The third-order valence-electron chi connectivity index (χ3n) is 3.24. The molecule has 1 rings (SSSR count). The Morgan fingerprint density at radius 2 is 1.88 bits per heavy atom. The van der Waals surface area contributed by atoms with E-state index < -0.39 is 0 Å². The fourth-order valence-corrected chi connectivity index (χ4v) is 2.38. The first-order valence-electron chi connectivity index (χ1n) is 6.27. The van der Waals surface area contributed by atoms with Crippen LogP contribution >= 0.6 is 0 Å². The lowest BCUT2D eigenvalue weighted by molar-refractivity contribution is -0.138. The van der Waals surface area contributed by atoms with Crippen LogP contribution < -0.4 is 0 Å². The van der Waals surface area contributed by atoms with E-state index in [2.05, 4.69) is 39.6 Å². The molecule has 1 amide bonds. The maximum Gasteiger partial charge on any atom is 0.231 e. The molecule has 0 aromatic rings. The van der Waals surface area contributed by atoms with E-state index in [1.807, 2.05) is 11.1 Å². The number of carbonyl (C=O) groups is 1. The Labute approximate surface area is 98.9 Å². The smallest absolute Gasteiger partial charge is 0.231 e. The van der Waals surface area contributed by atoms with Gasteiger partial charge in [-0.05, 0) is 40.0 Å². The molecule has 0 spiro atoms. The van der Waals surface area contributed by atoms with Crippen LogP contribution in [-0.4, -0.2) is 35.7 Å². The molecule has 0 aromatic carbocycles. The maximum absolute atomic E-state index is 12.4. The van der Waals surface area contributed by atoms with Gasteiger partial charge in [-0.15, -0.1) is 0 Å². The van der Waals surface area contributed by atoms with Crippen molar-refractivity contribution in [2.24, 2.45) is 16.8 Å². The molecule has 0 N–H and O–H groups in total. The zero-order valence-corrected chi connectivity index (χ0v) is 11.1. The van der Waals surface area contributed by atoms with Gasteiger partial charge in [0.15, 0.2) is 0 Å². The Morgan fingerprint density at radius 1 is 1.31 bits per heavy atom. The zero-order valence-electron chi connectivity index (χ0n) is 11.1. The average Bonchev–Trinajstić information content (AvgIpc) is 2.16. The summed E-state index contributed by atoms with van der Waals surface area (Å²) in [6.45, 7) is 11.3. The Balaban J connectivity index is 2.81. The number of hydrogen-bond acceptors (Lipinski definition) is 2. The maximum atomic E-state index is 12.4. The van der Waals surface area contributed by atoms with E-state index in [0.29, 0.717) is 5.92 Å². The highest BCUT2D eigenvalue weighted by molar-refractivity contribution is 5.94. The van der Waals surface area contributed by atoms with Crippen LogP contribution in [0.15, 0.2) is 4.99 Å². The molecule has 0 aromatic heterocycles. The van der Waals surface area contributed by atoms with Crippen LogP contribution in [0.1, 0.15) is 41.0 Å². The van der Waals surface area contributed by atoms with Gasteiger partial charge in [-0.1, -0.05) is 6.92 Å². The zero-order chi connectivity index (χ0) is 12.3. The summed E-state index contributed by atoms with van der Waals surface area (Å²) in [5, 5.41) is 0. The molecule has 3 heteroatoms. The molecule has 0 saturated heterocycles. The van der Waals surface area contributed by atoms with Crippen LogP contribution in [0.3, 0.4) is 0 Å². The van der Waals surface area contributed by atoms with Crippen molar-refractivity contribution in [1.82, 2.24) is 4.90 Å². The summed E-state index contributed by atoms with van der Waals surface area (Å²) >= 11 is 0. The third kappa shape index (κ3) is 2.83. The second-order valence-corrected chi connectivity index (χ2v) is 5.28. The quantitative estimate of drug-likeness (QED) is 0.724. The molecule has 16 heavy (non-hydrogen) atoms. The molecule has 0 aliphatic carbocycles. The Hall–Kier alpha value is -0.860. The Morgan fingerprint density at radius 3 is 2.31 bits per heavy atom. The second kappa shape index (κ2) is 5.46.